The van der Waals surface area contributed by atoms with Gasteiger partial charge in [0.15, 0.2) is 0 Å². The molecule has 1 heterocycles. The minimum Gasteiger partial charge on any atom is -0.385 e. The van der Waals surface area contributed by atoms with Crippen molar-refractivity contribution in [3.63, 3.8) is 0 Å². The van der Waals surface area contributed by atoms with Gasteiger partial charge in [0, 0.05) is 13.1 Å². The van der Waals surface area contributed by atoms with Crippen LogP contribution >= 0.6 is 0 Å². The third kappa shape index (κ3) is 3.05. The molecule has 4 rings (SSSR count). The van der Waals surface area contributed by atoms with Crippen molar-refractivity contribution >= 4 is 5.91 Å². The van der Waals surface area contributed by atoms with E-state index in [4.69, 9.17) is 0 Å². The molecule has 1 aliphatic carbocycles. The van der Waals surface area contributed by atoms with Gasteiger partial charge < -0.3 is 10.0 Å². The summed E-state index contributed by atoms with van der Waals surface area (Å²) in [7, 11) is 0. The fraction of sp³-hybridized carbons (Fsp3) is 0.435. The normalized spacial score (nSPS) is 24.8. The molecule has 0 radical (unpaired) electrons. The van der Waals surface area contributed by atoms with Gasteiger partial charge in [0.1, 0.15) is 0 Å². The van der Waals surface area contributed by atoms with Crippen LogP contribution in [0.1, 0.15) is 42.9 Å². The number of carbonyl (C=O) groups excluding carboxylic acids is 1. The summed E-state index contributed by atoms with van der Waals surface area (Å²) >= 11 is 0. The van der Waals surface area contributed by atoms with Crippen molar-refractivity contribution in [2.75, 3.05) is 13.1 Å². The Labute approximate surface area is 155 Å². The topological polar surface area (TPSA) is 40.5 Å². The van der Waals surface area contributed by atoms with Crippen LogP contribution in [0.25, 0.3) is 0 Å². The van der Waals surface area contributed by atoms with Gasteiger partial charge in [0.2, 0.25) is 5.91 Å². The molecule has 1 aliphatic heterocycles. The van der Waals surface area contributed by atoms with Crippen molar-refractivity contribution in [1.82, 2.24) is 4.90 Å². The Morgan fingerprint density at radius 1 is 0.923 bits per heavy atom. The second kappa shape index (κ2) is 6.55. The third-order valence-electron chi connectivity index (χ3n) is 6.35. The van der Waals surface area contributed by atoms with Crippen LogP contribution in [0, 0.1) is 5.41 Å². The first-order chi connectivity index (χ1) is 12.5. The number of hydrogen-bond donors (Lipinski definition) is 1. The van der Waals surface area contributed by atoms with Crippen LogP contribution in [0.15, 0.2) is 54.6 Å². The summed E-state index contributed by atoms with van der Waals surface area (Å²) in [5.41, 5.74) is 2.53. The maximum absolute atomic E-state index is 13.3. The molecule has 3 heteroatoms. The number of aliphatic hydroxyl groups is 1. The van der Waals surface area contributed by atoms with Crippen LogP contribution in [0.5, 0.6) is 0 Å². The fourth-order valence-electron chi connectivity index (χ4n) is 4.57. The SMILES string of the molecule is C[C@]1(C(=O)N2CCC(O)(c3ccccc3)CC2)CCc2ccccc2C1. The molecule has 0 spiro atoms. The van der Waals surface area contributed by atoms with E-state index in [9.17, 15) is 9.90 Å². The summed E-state index contributed by atoms with van der Waals surface area (Å²) in [6.07, 6.45) is 3.91. The van der Waals surface area contributed by atoms with Crippen molar-refractivity contribution in [2.45, 2.75) is 44.6 Å². The van der Waals surface area contributed by atoms with Gasteiger partial charge in [0.25, 0.3) is 0 Å². The molecule has 1 saturated heterocycles. The van der Waals surface area contributed by atoms with E-state index in [1.165, 1.54) is 11.1 Å². The van der Waals surface area contributed by atoms with Crippen LogP contribution in [0.2, 0.25) is 0 Å². The van der Waals surface area contributed by atoms with Gasteiger partial charge in [-0.2, -0.15) is 0 Å². The van der Waals surface area contributed by atoms with E-state index >= 15 is 0 Å². The van der Waals surface area contributed by atoms with Crippen molar-refractivity contribution < 1.29 is 9.90 Å². The van der Waals surface area contributed by atoms with Gasteiger partial charge in [-0.1, -0.05) is 61.5 Å². The predicted octanol–water partition coefficient (Wildman–Crippen LogP) is 3.69. The number of hydrogen-bond acceptors (Lipinski definition) is 2. The fourth-order valence-corrected chi connectivity index (χ4v) is 4.57. The van der Waals surface area contributed by atoms with Gasteiger partial charge in [-0.3, -0.25) is 4.79 Å². The smallest absolute Gasteiger partial charge is 0.228 e. The second-order valence-electron chi connectivity index (χ2n) is 8.20. The van der Waals surface area contributed by atoms with E-state index < -0.39 is 5.60 Å². The highest BCUT2D eigenvalue weighted by Crippen LogP contribution is 2.39. The molecule has 0 aromatic heterocycles. The molecule has 1 amide bonds. The first-order valence-electron chi connectivity index (χ1n) is 9.64. The number of piperidine rings is 1. The zero-order valence-electron chi connectivity index (χ0n) is 15.4. The quantitative estimate of drug-likeness (QED) is 0.898. The summed E-state index contributed by atoms with van der Waals surface area (Å²) in [6, 6.07) is 18.3. The molecule has 3 nitrogen and oxygen atoms in total. The highest BCUT2D eigenvalue weighted by Gasteiger charge is 2.42. The van der Waals surface area contributed by atoms with Crippen LogP contribution < -0.4 is 0 Å². The molecule has 0 saturated carbocycles. The third-order valence-corrected chi connectivity index (χ3v) is 6.35. The monoisotopic (exact) mass is 349 g/mol. The number of amides is 1. The lowest BCUT2D eigenvalue weighted by molar-refractivity contribution is -0.146. The van der Waals surface area contributed by atoms with E-state index in [2.05, 4.69) is 31.2 Å². The molecular formula is C23H27NO2. The Hall–Kier alpha value is -2.13. The zero-order chi connectivity index (χ0) is 18.2. The Balaban J connectivity index is 1.46. The number of likely N-dealkylation sites (tertiary alicyclic amines) is 1. The van der Waals surface area contributed by atoms with E-state index in [1.807, 2.05) is 35.2 Å². The number of fused-ring (bicyclic) bond motifs is 1. The van der Waals surface area contributed by atoms with Crippen LogP contribution in [0.4, 0.5) is 0 Å². The van der Waals surface area contributed by atoms with Crippen molar-refractivity contribution in [1.29, 1.82) is 0 Å². The summed E-state index contributed by atoms with van der Waals surface area (Å²) < 4.78 is 0. The number of nitrogens with zero attached hydrogens (tertiary/aromatic N) is 1. The predicted molar refractivity (Wildman–Crippen MR) is 103 cm³/mol. The maximum atomic E-state index is 13.3. The van der Waals surface area contributed by atoms with E-state index in [0.717, 1.165) is 24.8 Å². The molecule has 26 heavy (non-hydrogen) atoms. The van der Waals surface area contributed by atoms with Gasteiger partial charge in [-0.05, 0) is 48.8 Å². The van der Waals surface area contributed by atoms with Crippen molar-refractivity contribution in [3.05, 3.63) is 71.3 Å². The number of carbonyl (C=O) groups is 1. The highest BCUT2D eigenvalue weighted by molar-refractivity contribution is 5.83. The van der Waals surface area contributed by atoms with E-state index in [1.54, 1.807) is 0 Å². The molecule has 2 aliphatic rings. The molecular weight excluding hydrogens is 322 g/mol. The molecule has 2 aromatic rings. The summed E-state index contributed by atoms with van der Waals surface area (Å²) in [5.74, 6) is 0.252. The standard InChI is InChI=1S/C23H27NO2/c1-22(12-11-18-7-5-6-8-19(18)17-22)21(25)24-15-13-23(26,14-16-24)20-9-3-2-4-10-20/h2-10,26H,11-17H2,1H3/t22-/m0/s1. The Bertz CT molecular complexity index is 793. The van der Waals surface area contributed by atoms with Gasteiger partial charge in [0.05, 0.1) is 11.0 Å². The molecule has 0 unspecified atom stereocenters. The lowest BCUT2D eigenvalue weighted by Gasteiger charge is -2.43. The van der Waals surface area contributed by atoms with Gasteiger partial charge in [-0.15, -0.1) is 0 Å². The molecule has 1 N–H and O–H groups in total. The average Bonchev–Trinajstić information content (AvgIpc) is 2.69. The maximum Gasteiger partial charge on any atom is 0.228 e. The van der Waals surface area contributed by atoms with Crippen LogP contribution in [-0.2, 0) is 23.2 Å². The Kier molecular flexibility index (Phi) is 4.36. The lowest BCUT2D eigenvalue weighted by atomic mass is 9.71. The van der Waals surface area contributed by atoms with Crippen LogP contribution in [-0.4, -0.2) is 29.0 Å². The van der Waals surface area contributed by atoms with Gasteiger partial charge in [-0.25, -0.2) is 0 Å². The number of aryl methyl sites for hydroxylation is 1. The second-order valence-corrected chi connectivity index (χ2v) is 8.20. The number of benzene rings is 2. The lowest BCUT2D eigenvalue weighted by Crippen LogP contribution is -2.51. The first-order valence-corrected chi connectivity index (χ1v) is 9.64. The average molecular weight is 349 g/mol. The first kappa shape index (κ1) is 17.3. The molecule has 136 valence electrons. The van der Waals surface area contributed by atoms with E-state index in [0.29, 0.717) is 25.9 Å². The highest BCUT2D eigenvalue weighted by atomic mass is 16.3. The summed E-state index contributed by atoms with van der Waals surface area (Å²) in [6.45, 7) is 3.37. The van der Waals surface area contributed by atoms with Crippen LogP contribution in [0.3, 0.4) is 0 Å². The largest absolute Gasteiger partial charge is 0.385 e. The minimum absolute atomic E-state index is 0.252. The van der Waals surface area contributed by atoms with Gasteiger partial charge >= 0.3 is 0 Å². The molecule has 1 fully saturated rings. The number of rotatable bonds is 2. The Morgan fingerprint density at radius 3 is 2.23 bits per heavy atom. The summed E-state index contributed by atoms with van der Waals surface area (Å²) in [4.78, 5) is 15.3. The molecule has 2 aromatic carbocycles. The molecule has 1 atom stereocenters. The zero-order valence-corrected chi connectivity index (χ0v) is 15.4. The molecule has 0 bridgehead atoms. The Morgan fingerprint density at radius 2 is 1.54 bits per heavy atom. The van der Waals surface area contributed by atoms with Crippen molar-refractivity contribution in [3.8, 4) is 0 Å². The minimum atomic E-state index is -0.807. The van der Waals surface area contributed by atoms with E-state index in [-0.39, 0.29) is 11.3 Å². The summed E-state index contributed by atoms with van der Waals surface area (Å²) in [5, 5.41) is 11.0. The van der Waals surface area contributed by atoms with Crippen molar-refractivity contribution in [2.24, 2.45) is 5.41 Å².